The van der Waals surface area contributed by atoms with Gasteiger partial charge in [-0.25, -0.2) is 9.78 Å². The highest BCUT2D eigenvalue weighted by atomic mass is 16.4. The third kappa shape index (κ3) is 9.18. The van der Waals surface area contributed by atoms with Crippen molar-refractivity contribution in [3.63, 3.8) is 0 Å². The number of carboxylic acids is 1. The molecule has 5 atom stereocenters. The molecule has 0 aliphatic heterocycles. The molecule has 5 unspecified atom stereocenters. The van der Waals surface area contributed by atoms with Crippen LogP contribution in [-0.2, 0) is 25.6 Å². The topological polar surface area (TPSA) is 200 Å². The van der Waals surface area contributed by atoms with Gasteiger partial charge in [-0.15, -0.1) is 0 Å². The van der Waals surface area contributed by atoms with Gasteiger partial charge in [-0.05, 0) is 18.3 Å². The van der Waals surface area contributed by atoms with Crippen LogP contribution in [0.5, 0.6) is 0 Å². The third-order valence-electron chi connectivity index (χ3n) is 5.26. The van der Waals surface area contributed by atoms with Gasteiger partial charge in [0.1, 0.15) is 24.2 Å². The smallest absolute Gasteiger partial charge is 0.326 e. The summed E-state index contributed by atoms with van der Waals surface area (Å²) in [4.78, 5) is 56.6. The van der Waals surface area contributed by atoms with Gasteiger partial charge >= 0.3 is 5.97 Å². The van der Waals surface area contributed by atoms with Gasteiger partial charge in [0.25, 0.3) is 0 Å². The molecule has 33 heavy (non-hydrogen) atoms. The predicted molar refractivity (Wildman–Crippen MR) is 120 cm³/mol. The van der Waals surface area contributed by atoms with E-state index in [1.165, 1.54) is 12.5 Å². The second kappa shape index (κ2) is 13.5. The Kier molecular flexibility index (Phi) is 11.5. The number of carboxylic acid groups (broad SMARTS) is 1. The summed E-state index contributed by atoms with van der Waals surface area (Å²) in [7, 11) is 0. The molecule has 12 nitrogen and oxygen atoms in total. The van der Waals surface area contributed by atoms with Gasteiger partial charge in [0.05, 0.1) is 12.9 Å². The van der Waals surface area contributed by atoms with Crippen molar-refractivity contribution in [2.75, 3.05) is 6.61 Å². The maximum Gasteiger partial charge on any atom is 0.326 e. The number of aliphatic carboxylic acids is 1. The number of hydrogen-bond acceptors (Lipinski definition) is 7. The average Bonchev–Trinajstić information content (AvgIpc) is 3.27. The summed E-state index contributed by atoms with van der Waals surface area (Å²) < 4.78 is 0. The number of imidazole rings is 1. The van der Waals surface area contributed by atoms with Crippen LogP contribution in [0.4, 0.5) is 0 Å². The van der Waals surface area contributed by atoms with E-state index in [2.05, 4.69) is 25.9 Å². The normalized spacial score (nSPS) is 15.7. The van der Waals surface area contributed by atoms with E-state index in [1.54, 1.807) is 6.92 Å². The van der Waals surface area contributed by atoms with Crippen molar-refractivity contribution in [2.45, 2.75) is 71.1 Å². The summed E-state index contributed by atoms with van der Waals surface area (Å²) in [6.45, 7) is 6.67. The first-order chi connectivity index (χ1) is 15.5. The second-order valence-electron chi connectivity index (χ2n) is 8.53. The van der Waals surface area contributed by atoms with Crippen molar-refractivity contribution in [1.82, 2.24) is 25.9 Å². The Hall–Kier alpha value is -2.99. The van der Waals surface area contributed by atoms with Crippen LogP contribution in [0.1, 0.15) is 46.2 Å². The van der Waals surface area contributed by atoms with E-state index in [1.807, 2.05) is 20.8 Å². The number of aliphatic hydroxyl groups excluding tert-OH is 1. The zero-order chi connectivity index (χ0) is 25.1. The Morgan fingerprint density at radius 1 is 1.06 bits per heavy atom. The third-order valence-corrected chi connectivity index (χ3v) is 5.26. The van der Waals surface area contributed by atoms with E-state index in [-0.39, 0.29) is 24.7 Å². The zero-order valence-corrected chi connectivity index (χ0v) is 19.5. The number of aromatic amines is 1. The Bertz CT molecular complexity index is 784. The molecular weight excluding hydrogens is 432 g/mol. The number of amides is 3. The van der Waals surface area contributed by atoms with Crippen LogP contribution in [0.25, 0.3) is 0 Å². The van der Waals surface area contributed by atoms with E-state index >= 15 is 0 Å². The van der Waals surface area contributed by atoms with Gasteiger partial charge in [0.2, 0.25) is 17.7 Å². The molecule has 1 aromatic heterocycles. The van der Waals surface area contributed by atoms with Crippen LogP contribution < -0.4 is 21.7 Å². The SMILES string of the molecule is CCC(C)C(NC(=O)C(N)CO)C(=O)NC(Cc1cnc[nH]1)C(=O)NC(CC(C)C)C(=O)O. The molecule has 1 heterocycles. The van der Waals surface area contributed by atoms with Gasteiger partial charge in [-0.2, -0.15) is 0 Å². The van der Waals surface area contributed by atoms with Gasteiger partial charge in [0.15, 0.2) is 0 Å². The first-order valence-corrected chi connectivity index (χ1v) is 11.0. The molecule has 0 aliphatic carbocycles. The second-order valence-corrected chi connectivity index (χ2v) is 8.53. The van der Waals surface area contributed by atoms with Crippen molar-refractivity contribution < 1.29 is 29.4 Å². The summed E-state index contributed by atoms with van der Waals surface area (Å²) in [5.41, 5.74) is 6.10. The molecule has 0 fully saturated rings. The number of aromatic nitrogens is 2. The maximum absolute atomic E-state index is 13.1. The molecule has 0 aromatic carbocycles. The van der Waals surface area contributed by atoms with Gasteiger partial charge in [0, 0.05) is 18.3 Å². The summed E-state index contributed by atoms with van der Waals surface area (Å²) in [6, 6.07) is -4.45. The molecule has 12 heteroatoms. The number of aliphatic hydroxyl groups is 1. The van der Waals surface area contributed by atoms with Crippen molar-refractivity contribution in [2.24, 2.45) is 17.6 Å². The molecule has 186 valence electrons. The van der Waals surface area contributed by atoms with E-state index in [0.29, 0.717) is 12.1 Å². The standard InChI is InChI=1S/C21H36N6O6/c1-5-12(4)17(27-18(29)14(22)9-28)20(31)25-15(7-13-8-23-10-24-13)19(30)26-16(21(32)33)6-11(2)3/h8,10-12,14-17,28H,5-7,9,22H2,1-4H3,(H,23,24)(H,25,31)(H,26,30)(H,27,29)(H,32,33). The van der Waals surface area contributed by atoms with Crippen LogP contribution in [0.3, 0.4) is 0 Å². The fraction of sp³-hybridized carbons (Fsp3) is 0.667. The molecule has 0 aliphatic rings. The molecule has 0 saturated carbocycles. The quantitative estimate of drug-likeness (QED) is 0.178. The van der Waals surface area contributed by atoms with E-state index in [4.69, 9.17) is 10.8 Å². The van der Waals surface area contributed by atoms with Gasteiger partial charge in [-0.1, -0.05) is 34.1 Å². The van der Waals surface area contributed by atoms with E-state index in [0.717, 1.165) is 0 Å². The number of rotatable bonds is 14. The lowest BCUT2D eigenvalue weighted by atomic mass is 9.97. The highest BCUT2D eigenvalue weighted by Crippen LogP contribution is 2.11. The molecule has 0 radical (unpaired) electrons. The Morgan fingerprint density at radius 2 is 1.70 bits per heavy atom. The molecule has 0 bridgehead atoms. The summed E-state index contributed by atoms with van der Waals surface area (Å²) in [5, 5.41) is 26.2. The fourth-order valence-corrected chi connectivity index (χ4v) is 3.10. The van der Waals surface area contributed by atoms with Crippen LogP contribution in [-0.4, -0.2) is 74.6 Å². The van der Waals surface area contributed by atoms with Crippen molar-refractivity contribution in [1.29, 1.82) is 0 Å². The molecule has 1 aromatic rings. The number of nitrogens with two attached hydrogens (primary N) is 1. The minimum atomic E-state index is -1.19. The lowest BCUT2D eigenvalue weighted by Crippen LogP contribution is -2.59. The van der Waals surface area contributed by atoms with Crippen molar-refractivity contribution in [3.05, 3.63) is 18.2 Å². The lowest BCUT2D eigenvalue weighted by molar-refractivity contribution is -0.142. The minimum Gasteiger partial charge on any atom is -0.480 e. The molecule has 0 saturated heterocycles. The summed E-state index contributed by atoms with van der Waals surface area (Å²) >= 11 is 0. The van der Waals surface area contributed by atoms with E-state index in [9.17, 15) is 24.3 Å². The zero-order valence-electron chi connectivity index (χ0n) is 19.5. The average molecular weight is 469 g/mol. The predicted octanol–water partition coefficient (Wildman–Crippen LogP) is -1.10. The first-order valence-electron chi connectivity index (χ1n) is 11.0. The first kappa shape index (κ1) is 28.0. The number of nitrogens with one attached hydrogen (secondary N) is 4. The monoisotopic (exact) mass is 468 g/mol. The van der Waals surface area contributed by atoms with Crippen LogP contribution in [0.2, 0.25) is 0 Å². The van der Waals surface area contributed by atoms with E-state index < -0.39 is 54.5 Å². The number of carbonyl (C=O) groups is 4. The summed E-state index contributed by atoms with van der Waals surface area (Å²) in [6.07, 6.45) is 3.70. The Morgan fingerprint density at radius 3 is 2.18 bits per heavy atom. The van der Waals surface area contributed by atoms with Gasteiger partial charge in [-0.3, -0.25) is 14.4 Å². The fourth-order valence-electron chi connectivity index (χ4n) is 3.10. The summed E-state index contributed by atoms with van der Waals surface area (Å²) in [5.74, 6) is -3.46. The maximum atomic E-state index is 13.1. The van der Waals surface area contributed by atoms with Crippen LogP contribution >= 0.6 is 0 Å². The largest absolute Gasteiger partial charge is 0.480 e. The Balaban J connectivity index is 3.08. The number of H-pyrrole nitrogens is 1. The molecule has 1 rings (SSSR count). The lowest BCUT2D eigenvalue weighted by Gasteiger charge is -2.28. The van der Waals surface area contributed by atoms with Crippen LogP contribution in [0, 0.1) is 11.8 Å². The van der Waals surface area contributed by atoms with Gasteiger partial charge < -0.3 is 36.9 Å². The van der Waals surface area contributed by atoms with Crippen molar-refractivity contribution in [3.8, 4) is 0 Å². The number of nitrogens with zero attached hydrogens (tertiary/aromatic N) is 1. The minimum absolute atomic E-state index is 0.0211. The molecule has 0 spiro atoms. The highest BCUT2D eigenvalue weighted by molar-refractivity contribution is 5.94. The Labute approximate surface area is 193 Å². The van der Waals surface area contributed by atoms with Crippen LogP contribution in [0.15, 0.2) is 12.5 Å². The molecule has 3 amide bonds. The number of carbonyl (C=O) groups excluding carboxylic acids is 3. The highest BCUT2D eigenvalue weighted by Gasteiger charge is 2.32. The molecular formula is C21H36N6O6. The number of hydrogen-bond donors (Lipinski definition) is 7. The molecule has 8 N–H and O–H groups in total. The van der Waals surface area contributed by atoms with Crippen molar-refractivity contribution >= 4 is 23.7 Å².